The van der Waals surface area contributed by atoms with Crippen LogP contribution in [-0.4, -0.2) is 5.78 Å². The molecule has 1 heteroatoms. The molecule has 0 amide bonds. The highest BCUT2D eigenvalue weighted by Crippen LogP contribution is 2.56. The van der Waals surface area contributed by atoms with Gasteiger partial charge in [-0.2, -0.15) is 0 Å². The molecular formula is C15H24O. The molecule has 1 saturated carbocycles. The predicted octanol–water partition coefficient (Wildman–Crippen LogP) is 3.98. The molecule has 3 atom stereocenters. The third-order valence-corrected chi connectivity index (χ3v) is 5.04. The molecule has 2 aliphatic carbocycles. The summed E-state index contributed by atoms with van der Waals surface area (Å²) in [5, 5.41) is 0. The van der Waals surface area contributed by atoms with E-state index in [0.29, 0.717) is 11.7 Å². The van der Waals surface area contributed by atoms with Gasteiger partial charge in [-0.1, -0.05) is 39.3 Å². The second-order valence-electron chi connectivity index (χ2n) is 6.14. The van der Waals surface area contributed by atoms with E-state index in [4.69, 9.17) is 0 Å². The van der Waals surface area contributed by atoms with E-state index in [1.807, 2.05) is 13.8 Å². The van der Waals surface area contributed by atoms with Crippen molar-refractivity contribution in [2.45, 2.75) is 53.4 Å². The standard InChI is InChI=1S/C15H24O/c1-10(2)14(16)13-9-8-12-7-5-6-11(3)15(12,13)4/h7,10-11,13H,5-6,8-9H2,1-4H3/t11-,13+,15+/m1/s1. The van der Waals surface area contributed by atoms with Crippen LogP contribution in [-0.2, 0) is 4.79 Å². The van der Waals surface area contributed by atoms with Gasteiger partial charge in [-0.05, 0) is 31.6 Å². The van der Waals surface area contributed by atoms with Crippen LogP contribution < -0.4 is 0 Å². The fraction of sp³-hybridized carbons (Fsp3) is 0.800. The Morgan fingerprint density at radius 1 is 1.44 bits per heavy atom. The molecule has 2 aliphatic rings. The van der Waals surface area contributed by atoms with E-state index < -0.39 is 0 Å². The van der Waals surface area contributed by atoms with Gasteiger partial charge < -0.3 is 0 Å². The second-order valence-corrected chi connectivity index (χ2v) is 6.14. The maximum atomic E-state index is 12.3. The predicted molar refractivity (Wildman–Crippen MR) is 67.2 cm³/mol. The minimum atomic E-state index is 0.180. The lowest BCUT2D eigenvalue weighted by atomic mass is 9.62. The van der Waals surface area contributed by atoms with Crippen molar-refractivity contribution in [3.63, 3.8) is 0 Å². The number of carbonyl (C=O) groups excluding carboxylic acids is 1. The maximum absolute atomic E-state index is 12.3. The molecule has 90 valence electrons. The van der Waals surface area contributed by atoms with Crippen LogP contribution in [0.5, 0.6) is 0 Å². The van der Waals surface area contributed by atoms with E-state index in [9.17, 15) is 4.79 Å². The van der Waals surface area contributed by atoms with Crippen LogP contribution in [0.25, 0.3) is 0 Å². The smallest absolute Gasteiger partial charge is 0.139 e. The quantitative estimate of drug-likeness (QED) is 0.643. The number of allylic oxidation sites excluding steroid dienone is 2. The van der Waals surface area contributed by atoms with Crippen LogP contribution in [0.2, 0.25) is 0 Å². The molecule has 0 N–H and O–H groups in total. The lowest BCUT2D eigenvalue weighted by Crippen LogP contribution is -2.38. The van der Waals surface area contributed by atoms with Gasteiger partial charge in [-0.25, -0.2) is 0 Å². The molecule has 1 fully saturated rings. The number of rotatable bonds is 2. The van der Waals surface area contributed by atoms with Crippen LogP contribution in [0, 0.1) is 23.2 Å². The van der Waals surface area contributed by atoms with Crippen molar-refractivity contribution in [1.82, 2.24) is 0 Å². The summed E-state index contributed by atoms with van der Waals surface area (Å²) in [5.74, 6) is 1.63. The van der Waals surface area contributed by atoms with E-state index in [-0.39, 0.29) is 17.3 Å². The molecule has 2 rings (SSSR count). The Hall–Kier alpha value is -0.590. The first-order valence-electron chi connectivity index (χ1n) is 6.71. The monoisotopic (exact) mass is 220 g/mol. The molecule has 0 saturated heterocycles. The average molecular weight is 220 g/mol. The molecule has 0 aromatic heterocycles. The molecule has 0 aromatic rings. The highest BCUT2D eigenvalue weighted by molar-refractivity contribution is 5.84. The Balaban J connectivity index is 2.33. The Bertz CT molecular complexity index is 326. The maximum Gasteiger partial charge on any atom is 0.139 e. The largest absolute Gasteiger partial charge is 0.299 e. The van der Waals surface area contributed by atoms with Gasteiger partial charge in [-0.3, -0.25) is 4.79 Å². The van der Waals surface area contributed by atoms with Crippen molar-refractivity contribution < 1.29 is 4.79 Å². The molecule has 0 heterocycles. The highest BCUT2D eigenvalue weighted by Gasteiger charge is 2.50. The summed E-state index contributed by atoms with van der Waals surface area (Å²) in [6.07, 6.45) is 7.12. The van der Waals surface area contributed by atoms with Crippen molar-refractivity contribution in [3.8, 4) is 0 Å². The van der Waals surface area contributed by atoms with E-state index in [1.165, 1.54) is 12.8 Å². The average Bonchev–Trinajstić information content (AvgIpc) is 2.57. The molecule has 16 heavy (non-hydrogen) atoms. The normalized spacial score (nSPS) is 38.4. The Morgan fingerprint density at radius 3 is 2.75 bits per heavy atom. The summed E-state index contributed by atoms with van der Waals surface area (Å²) < 4.78 is 0. The molecule has 1 nitrogen and oxygen atoms in total. The van der Waals surface area contributed by atoms with Crippen LogP contribution in [0.4, 0.5) is 0 Å². The SMILES string of the molecule is CC(C)C(=O)[C@@H]1CCC2=CCC[C@@H](C)[C@@]21C. The van der Waals surface area contributed by atoms with E-state index in [2.05, 4.69) is 19.9 Å². The van der Waals surface area contributed by atoms with Gasteiger partial charge in [0.25, 0.3) is 0 Å². The molecule has 0 aromatic carbocycles. The number of ketones is 1. The molecule has 0 unspecified atom stereocenters. The minimum Gasteiger partial charge on any atom is -0.299 e. The summed E-state index contributed by atoms with van der Waals surface area (Å²) in [6, 6.07) is 0. The fourth-order valence-electron chi connectivity index (χ4n) is 3.72. The van der Waals surface area contributed by atoms with Gasteiger partial charge in [0.2, 0.25) is 0 Å². The summed E-state index contributed by atoms with van der Waals surface area (Å²) in [6.45, 7) is 8.75. The molecule has 0 bridgehead atoms. The van der Waals surface area contributed by atoms with Crippen LogP contribution in [0.1, 0.15) is 53.4 Å². The first kappa shape index (κ1) is 11.9. The van der Waals surface area contributed by atoms with Crippen LogP contribution in [0.15, 0.2) is 11.6 Å². The second kappa shape index (κ2) is 4.01. The zero-order valence-corrected chi connectivity index (χ0v) is 11.0. The summed E-state index contributed by atoms with van der Waals surface area (Å²) in [5.41, 5.74) is 1.75. The fourth-order valence-corrected chi connectivity index (χ4v) is 3.72. The summed E-state index contributed by atoms with van der Waals surface area (Å²) in [7, 11) is 0. The first-order valence-corrected chi connectivity index (χ1v) is 6.71. The van der Waals surface area contributed by atoms with Gasteiger partial charge in [0.15, 0.2) is 0 Å². The van der Waals surface area contributed by atoms with E-state index >= 15 is 0 Å². The lowest BCUT2D eigenvalue weighted by molar-refractivity contribution is -0.129. The van der Waals surface area contributed by atoms with Crippen molar-refractivity contribution in [2.24, 2.45) is 23.2 Å². The molecule has 0 spiro atoms. The minimum absolute atomic E-state index is 0.180. The van der Waals surface area contributed by atoms with Crippen molar-refractivity contribution >= 4 is 5.78 Å². The Labute approximate surface area is 99.3 Å². The van der Waals surface area contributed by atoms with Crippen molar-refractivity contribution in [2.75, 3.05) is 0 Å². The summed E-state index contributed by atoms with van der Waals surface area (Å²) >= 11 is 0. The zero-order valence-electron chi connectivity index (χ0n) is 11.0. The number of hydrogen-bond donors (Lipinski definition) is 0. The third-order valence-electron chi connectivity index (χ3n) is 5.04. The topological polar surface area (TPSA) is 17.1 Å². The molecule has 0 aliphatic heterocycles. The molecule has 0 radical (unpaired) electrons. The number of carbonyl (C=O) groups is 1. The first-order chi connectivity index (χ1) is 7.48. The van der Waals surface area contributed by atoms with E-state index in [1.54, 1.807) is 5.57 Å². The Kier molecular flexibility index (Phi) is 2.98. The van der Waals surface area contributed by atoms with Gasteiger partial charge in [0, 0.05) is 17.3 Å². The van der Waals surface area contributed by atoms with E-state index in [0.717, 1.165) is 12.8 Å². The zero-order chi connectivity index (χ0) is 11.9. The number of hydrogen-bond acceptors (Lipinski definition) is 1. The van der Waals surface area contributed by atoms with Gasteiger partial charge >= 0.3 is 0 Å². The van der Waals surface area contributed by atoms with Crippen LogP contribution in [0.3, 0.4) is 0 Å². The van der Waals surface area contributed by atoms with Gasteiger partial charge in [0.1, 0.15) is 5.78 Å². The number of Topliss-reactive ketones (excluding diaryl/α,β-unsaturated/α-hetero) is 1. The van der Waals surface area contributed by atoms with Gasteiger partial charge in [0.05, 0.1) is 0 Å². The Morgan fingerprint density at radius 2 is 2.12 bits per heavy atom. The number of fused-ring (bicyclic) bond motifs is 1. The van der Waals surface area contributed by atoms with Crippen molar-refractivity contribution in [1.29, 1.82) is 0 Å². The van der Waals surface area contributed by atoms with Gasteiger partial charge in [-0.15, -0.1) is 0 Å². The van der Waals surface area contributed by atoms with Crippen LogP contribution >= 0.6 is 0 Å². The van der Waals surface area contributed by atoms with Crippen molar-refractivity contribution in [3.05, 3.63) is 11.6 Å². The third kappa shape index (κ3) is 1.56. The lowest BCUT2D eigenvalue weighted by Gasteiger charge is -2.41. The summed E-state index contributed by atoms with van der Waals surface area (Å²) in [4.78, 5) is 12.3. The highest BCUT2D eigenvalue weighted by atomic mass is 16.1. The molecular weight excluding hydrogens is 196 g/mol.